The lowest BCUT2D eigenvalue weighted by atomic mass is 10.0. The van der Waals surface area contributed by atoms with Crippen molar-refractivity contribution < 1.29 is 17.9 Å². The highest BCUT2D eigenvalue weighted by Crippen LogP contribution is 2.36. The van der Waals surface area contributed by atoms with Gasteiger partial charge >= 0.3 is 0 Å². The summed E-state index contributed by atoms with van der Waals surface area (Å²) in [7, 11) is 0.669. The van der Waals surface area contributed by atoms with Gasteiger partial charge in [0.1, 0.15) is 4.90 Å². The molecule has 1 atom stereocenters. The number of rotatable bonds is 8. The van der Waals surface area contributed by atoms with Crippen LogP contribution < -0.4 is 15.2 Å². The van der Waals surface area contributed by atoms with Gasteiger partial charge < -0.3 is 15.2 Å². The summed E-state index contributed by atoms with van der Waals surface area (Å²) in [6.45, 7) is 4.32. The van der Waals surface area contributed by atoms with Crippen molar-refractivity contribution in [2.75, 3.05) is 27.8 Å². The molecule has 0 spiro atoms. The fourth-order valence-corrected chi connectivity index (χ4v) is 3.67. The maximum Gasteiger partial charge on any atom is 0.244 e. The number of ether oxygens (including phenoxy) is 2. The molecule has 0 aliphatic carbocycles. The van der Waals surface area contributed by atoms with E-state index in [0.29, 0.717) is 24.5 Å². The van der Waals surface area contributed by atoms with Gasteiger partial charge in [0.05, 0.1) is 19.2 Å². The fourth-order valence-electron chi connectivity index (χ4n) is 1.99. The summed E-state index contributed by atoms with van der Waals surface area (Å²) in [6.07, 6.45) is 0.568. The largest absolute Gasteiger partial charge is 0.493 e. The van der Waals surface area contributed by atoms with E-state index < -0.39 is 10.0 Å². The predicted octanol–water partition coefficient (Wildman–Crippen LogP) is 2.35. The Morgan fingerprint density at radius 2 is 1.74 bits per heavy atom. The van der Waals surface area contributed by atoms with Crippen molar-refractivity contribution in [3.05, 3.63) is 17.2 Å². The van der Waals surface area contributed by atoms with Gasteiger partial charge in [0.25, 0.3) is 0 Å². The van der Waals surface area contributed by atoms with Gasteiger partial charge in [-0.1, -0.05) is 25.4 Å². The first-order valence-electron chi connectivity index (χ1n) is 7.28. The highest BCUT2D eigenvalue weighted by molar-refractivity contribution is 7.89. The molecular weight excluding hydrogens is 340 g/mol. The Hall–Kier alpha value is -1.02. The van der Waals surface area contributed by atoms with Gasteiger partial charge in [-0.3, -0.25) is 0 Å². The summed E-state index contributed by atoms with van der Waals surface area (Å²) < 4.78 is 36.9. The maximum atomic E-state index is 12.7. The number of halogens is 1. The van der Waals surface area contributed by atoms with Gasteiger partial charge in [0.2, 0.25) is 10.0 Å². The molecule has 0 aliphatic heterocycles. The van der Waals surface area contributed by atoms with Crippen LogP contribution in [-0.2, 0) is 10.0 Å². The minimum atomic E-state index is -3.74. The number of nitrogens with two attached hydrogens (primary N) is 1. The molecule has 8 heteroatoms. The molecule has 0 amide bonds. The van der Waals surface area contributed by atoms with Crippen LogP contribution in [0.25, 0.3) is 0 Å². The van der Waals surface area contributed by atoms with Crippen LogP contribution in [0.2, 0.25) is 5.02 Å². The van der Waals surface area contributed by atoms with Crippen LogP contribution in [0.15, 0.2) is 17.0 Å². The Morgan fingerprint density at radius 3 is 2.22 bits per heavy atom. The molecule has 0 bridgehead atoms. The molecule has 0 aliphatic rings. The fraction of sp³-hybridized carbons (Fsp3) is 0.600. The maximum absolute atomic E-state index is 12.7. The van der Waals surface area contributed by atoms with Crippen molar-refractivity contribution in [1.82, 2.24) is 4.31 Å². The molecule has 23 heavy (non-hydrogen) atoms. The van der Waals surface area contributed by atoms with Gasteiger partial charge in [-0.05, 0) is 12.3 Å². The predicted molar refractivity (Wildman–Crippen MR) is 91.8 cm³/mol. The van der Waals surface area contributed by atoms with E-state index in [1.165, 1.54) is 37.7 Å². The van der Waals surface area contributed by atoms with E-state index in [1.807, 2.05) is 13.8 Å². The van der Waals surface area contributed by atoms with E-state index >= 15 is 0 Å². The zero-order chi connectivity index (χ0) is 17.8. The average molecular weight is 365 g/mol. The van der Waals surface area contributed by atoms with Gasteiger partial charge in [-0.15, -0.1) is 0 Å². The lowest BCUT2D eigenvalue weighted by molar-refractivity contribution is 0.353. The molecule has 6 nitrogen and oxygen atoms in total. The SMILES string of the molecule is COc1cc(Cl)c(S(=O)(=O)N(C)CCC(N)C(C)C)cc1OC. The molecule has 0 aromatic heterocycles. The summed E-state index contributed by atoms with van der Waals surface area (Å²) in [5.41, 5.74) is 5.98. The third-order valence-electron chi connectivity index (χ3n) is 3.76. The van der Waals surface area contributed by atoms with E-state index in [2.05, 4.69) is 0 Å². The van der Waals surface area contributed by atoms with Crippen molar-refractivity contribution >= 4 is 21.6 Å². The second-order valence-corrected chi connectivity index (χ2v) is 8.08. The normalized spacial score (nSPS) is 13.4. The van der Waals surface area contributed by atoms with Crippen molar-refractivity contribution in [2.24, 2.45) is 11.7 Å². The van der Waals surface area contributed by atoms with Crippen molar-refractivity contribution in [2.45, 2.75) is 31.2 Å². The monoisotopic (exact) mass is 364 g/mol. The molecular formula is C15H25ClN2O4S. The number of methoxy groups -OCH3 is 2. The van der Waals surface area contributed by atoms with Gasteiger partial charge in [0.15, 0.2) is 11.5 Å². The summed E-state index contributed by atoms with van der Waals surface area (Å²) in [4.78, 5) is -0.0163. The lowest BCUT2D eigenvalue weighted by Gasteiger charge is -2.22. The number of hydrogen-bond acceptors (Lipinski definition) is 5. The highest BCUT2D eigenvalue weighted by Gasteiger charge is 2.26. The zero-order valence-corrected chi connectivity index (χ0v) is 15.7. The summed E-state index contributed by atoms with van der Waals surface area (Å²) in [5.74, 6) is 0.972. The minimum Gasteiger partial charge on any atom is -0.493 e. The molecule has 2 N–H and O–H groups in total. The Morgan fingerprint density at radius 1 is 1.22 bits per heavy atom. The zero-order valence-electron chi connectivity index (χ0n) is 14.2. The van der Waals surface area contributed by atoms with Gasteiger partial charge in [-0.25, -0.2) is 12.7 Å². The van der Waals surface area contributed by atoms with E-state index in [-0.39, 0.29) is 21.9 Å². The number of benzene rings is 1. The molecule has 1 rings (SSSR count). The number of nitrogens with zero attached hydrogens (tertiary/aromatic N) is 1. The van der Waals surface area contributed by atoms with Crippen LogP contribution >= 0.6 is 11.6 Å². The first kappa shape index (κ1) is 20.0. The van der Waals surface area contributed by atoms with Crippen molar-refractivity contribution in [3.8, 4) is 11.5 Å². The molecule has 1 aromatic carbocycles. The molecule has 0 saturated carbocycles. The highest BCUT2D eigenvalue weighted by atomic mass is 35.5. The Balaban J connectivity index is 3.08. The van der Waals surface area contributed by atoms with Crippen LogP contribution in [0.5, 0.6) is 11.5 Å². The second-order valence-electron chi connectivity index (χ2n) is 5.66. The van der Waals surface area contributed by atoms with Crippen molar-refractivity contribution in [3.63, 3.8) is 0 Å². The Kier molecular flexibility index (Phi) is 7.13. The van der Waals surface area contributed by atoms with Gasteiger partial charge in [0, 0.05) is 31.8 Å². The average Bonchev–Trinajstić information content (AvgIpc) is 2.51. The molecule has 0 radical (unpaired) electrons. The van der Waals surface area contributed by atoms with Crippen LogP contribution in [0.3, 0.4) is 0 Å². The van der Waals surface area contributed by atoms with E-state index in [9.17, 15) is 8.42 Å². The molecule has 1 unspecified atom stereocenters. The summed E-state index contributed by atoms with van der Waals surface area (Å²) >= 11 is 6.11. The smallest absolute Gasteiger partial charge is 0.244 e. The molecule has 0 heterocycles. The third-order valence-corrected chi connectivity index (χ3v) is 6.08. The van der Waals surface area contributed by atoms with E-state index in [0.717, 1.165) is 0 Å². The van der Waals surface area contributed by atoms with Crippen LogP contribution in [0, 0.1) is 5.92 Å². The number of hydrogen-bond donors (Lipinski definition) is 1. The first-order valence-corrected chi connectivity index (χ1v) is 9.10. The summed E-state index contributed by atoms with van der Waals surface area (Å²) in [5, 5.41) is 0.0858. The van der Waals surface area contributed by atoms with E-state index in [4.69, 9.17) is 26.8 Å². The third kappa shape index (κ3) is 4.73. The van der Waals surface area contributed by atoms with Crippen LogP contribution in [0.4, 0.5) is 0 Å². The Labute approximate surface area is 143 Å². The number of sulfonamides is 1. The standard InChI is InChI=1S/C15H25ClN2O4S/c1-10(2)12(17)6-7-18(3)23(19,20)15-9-14(22-5)13(21-4)8-11(15)16/h8-10,12H,6-7,17H2,1-5H3. The molecule has 1 aromatic rings. The first-order chi connectivity index (χ1) is 10.6. The summed E-state index contributed by atoms with van der Waals surface area (Å²) in [6, 6.07) is 2.74. The molecule has 132 valence electrons. The van der Waals surface area contributed by atoms with Gasteiger partial charge in [-0.2, -0.15) is 0 Å². The molecule has 0 fully saturated rings. The Bertz CT molecular complexity index is 635. The van der Waals surface area contributed by atoms with E-state index in [1.54, 1.807) is 0 Å². The van der Waals surface area contributed by atoms with Crippen LogP contribution in [0.1, 0.15) is 20.3 Å². The van der Waals surface area contributed by atoms with Crippen LogP contribution in [-0.4, -0.2) is 46.6 Å². The van der Waals surface area contributed by atoms with Crippen molar-refractivity contribution in [1.29, 1.82) is 0 Å². The molecule has 0 saturated heterocycles. The second kappa shape index (κ2) is 8.19. The quantitative estimate of drug-likeness (QED) is 0.765. The minimum absolute atomic E-state index is 0.0163. The lowest BCUT2D eigenvalue weighted by Crippen LogP contribution is -2.34. The topological polar surface area (TPSA) is 81.9 Å².